The van der Waals surface area contributed by atoms with Gasteiger partial charge in [-0.25, -0.2) is 18.2 Å². The first-order chi connectivity index (χ1) is 15.4. The van der Waals surface area contributed by atoms with E-state index < -0.39 is 31.3 Å². The van der Waals surface area contributed by atoms with Gasteiger partial charge in [0, 0.05) is 24.4 Å². The maximum atomic E-state index is 13.1. The van der Waals surface area contributed by atoms with Crippen LogP contribution in [0.3, 0.4) is 0 Å². The fourth-order valence-electron chi connectivity index (χ4n) is 3.41. The summed E-state index contributed by atoms with van der Waals surface area (Å²) in [5, 5.41) is 6.89. The fraction of sp³-hybridized carbons (Fsp3) is 0.421. The average molecular weight is 503 g/mol. The van der Waals surface area contributed by atoms with E-state index in [2.05, 4.69) is 19.5 Å². The lowest BCUT2D eigenvalue weighted by Crippen LogP contribution is -2.25. The molecule has 3 heterocycles. The van der Waals surface area contributed by atoms with Gasteiger partial charge in [0.25, 0.3) is 0 Å². The molecule has 0 saturated carbocycles. The second-order valence-corrected chi connectivity index (χ2v) is 12.4. The molecule has 1 aromatic carbocycles. The summed E-state index contributed by atoms with van der Waals surface area (Å²) in [5.74, 6) is 0.733. The van der Waals surface area contributed by atoms with E-state index in [9.17, 15) is 21.6 Å². The number of fused-ring (bicyclic) bond motifs is 1. The first-order valence-corrected chi connectivity index (χ1v) is 13.5. The van der Waals surface area contributed by atoms with Crippen LogP contribution in [0, 0.1) is 4.78 Å². The largest absolute Gasteiger partial charge is 0.435 e. The van der Waals surface area contributed by atoms with Gasteiger partial charge in [-0.15, -0.1) is 10.2 Å². The Bertz CT molecular complexity index is 1450. The van der Waals surface area contributed by atoms with Crippen LogP contribution in [0.15, 0.2) is 33.5 Å². The molecule has 3 aromatic rings. The minimum atomic E-state index is -4.67. The van der Waals surface area contributed by atoms with Gasteiger partial charge in [0.2, 0.25) is 0 Å². The summed E-state index contributed by atoms with van der Waals surface area (Å²) in [4.78, 5) is 4.39. The van der Waals surface area contributed by atoms with Crippen LogP contribution in [-0.2, 0) is 37.4 Å². The van der Waals surface area contributed by atoms with E-state index in [-0.39, 0.29) is 39.1 Å². The van der Waals surface area contributed by atoms with Crippen LogP contribution in [0.25, 0.3) is 22.6 Å². The number of halogens is 3. The summed E-state index contributed by atoms with van der Waals surface area (Å²) < 4.78 is 84.6. The van der Waals surface area contributed by atoms with Crippen LogP contribution in [0.2, 0.25) is 0 Å². The Labute approximate surface area is 188 Å². The first kappa shape index (κ1) is 23.6. The highest BCUT2D eigenvalue weighted by Gasteiger charge is 2.34. The Morgan fingerprint density at radius 2 is 1.94 bits per heavy atom. The molecule has 1 N–H and O–H groups in total. The Morgan fingerprint density at radius 3 is 2.58 bits per heavy atom. The lowest BCUT2D eigenvalue weighted by molar-refractivity contribution is -0.141. The number of imidazole rings is 1. The first-order valence-electron chi connectivity index (χ1n) is 9.92. The molecule has 33 heavy (non-hydrogen) atoms. The van der Waals surface area contributed by atoms with E-state index in [1.165, 1.54) is 10.6 Å². The maximum Gasteiger partial charge on any atom is 0.435 e. The molecule has 1 saturated heterocycles. The fourth-order valence-corrected chi connectivity index (χ4v) is 6.19. The van der Waals surface area contributed by atoms with Crippen molar-refractivity contribution in [2.75, 3.05) is 30.5 Å². The monoisotopic (exact) mass is 502 g/mol. The number of nitrogens with one attached hydrogen (secondary N) is 1. The quantitative estimate of drug-likeness (QED) is 0.582. The number of alkyl halides is 3. The molecule has 0 bridgehead atoms. The van der Waals surface area contributed by atoms with Crippen molar-refractivity contribution in [2.24, 2.45) is 11.4 Å². The van der Waals surface area contributed by atoms with Gasteiger partial charge in [0.05, 0.1) is 54.8 Å². The van der Waals surface area contributed by atoms with E-state index in [0.29, 0.717) is 24.5 Å². The molecule has 1 aliphatic rings. The van der Waals surface area contributed by atoms with Crippen molar-refractivity contribution in [1.29, 1.82) is 4.78 Å². The van der Waals surface area contributed by atoms with Crippen LogP contribution >= 0.6 is 0 Å². The second-order valence-electron chi connectivity index (χ2n) is 7.46. The van der Waals surface area contributed by atoms with Gasteiger partial charge in [-0.2, -0.15) is 17.5 Å². The molecule has 0 radical (unpaired) electrons. The van der Waals surface area contributed by atoms with Gasteiger partial charge >= 0.3 is 6.18 Å². The molecule has 9 nitrogen and oxygen atoms in total. The number of ether oxygens (including phenoxy) is 1. The summed E-state index contributed by atoms with van der Waals surface area (Å²) in [6.07, 6.45) is -4.67. The van der Waals surface area contributed by atoms with Gasteiger partial charge in [0.15, 0.2) is 11.3 Å². The highest BCUT2D eigenvalue weighted by Crippen LogP contribution is 2.34. The van der Waals surface area contributed by atoms with Crippen molar-refractivity contribution >= 4 is 36.3 Å². The zero-order valence-electron chi connectivity index (χ0n) is 17.8. The molecule has 0 spiro atoms. The Kier molecular flexibility index (Phi) is 5.95. The predicted molar refractivity (Wildman–Crippen MR) is 117 cm³/mol. The number of benzene rings is 1. The second kappa shape index (κ2) is 8.33. The van der Waals surface area contributed by atoms with Crippen molar-refractivity contribution in [3.8, 4) is 11.4 Å². The Balaban J connectivity index is 1.90. The highest BCUT2D eigenvalue weighted by molar-refractivity contribution is 7.93. The van der Waals surface area contributed by atoms with E-state index in [4.69, 9.17) is 9.52 Å². The minimum absolute atomic E-state index is 0.00532. The molecule has 2 aromatic heterocycles. The summed E-state index contributed by atoms with van der Waals surface area (Å²) in [6.45, 7) is 2.26. The maximum absolute atomic E-state index is 13.1. The van der Waals surface area contributed by atoms with Crippen LogP contribution in [0.4, 0.5) is 18.9 Å². The van der Waals surface area contributed by atoms with Gasteiger partial charge < -0.3 is 9.30 Å². The normalized spacial score (nSPS) is 18.2. The molecule has 1 atom stereocenters. The summed E-state index contributed by atoms with van der Waals surface area (Å²) in [5.41, 5.74) is -0.491. The van der Waals surface area contributed by atoms with Gasteiger partial charge in [-0.1, -0.05) is 6.92 Å². The van der Waals surface area contributed by atoms with Gasteiger partial charge in [-0.3, -0.25) is 0 Å². The lowest BCUT2D eigenvalue weighted by atomic mass is 10.2. The third kappa shape index (κ3) is 4.59. The zero-order chi connectivity index (χ0) is 24.0. The van der Waals surface area contributed by atoms with Crippen molar-refractivity contribution in [3.63, 3.8) is 0 Å². The third-order valence-electron chi connectivity index (χ3n) is 5.24. The molecular formula is C19H21F3N6O3S2. The molecule has 1 unspecified atom stereocenters. The third-order valence-corrected chi connectivity index (χ3v) is 9.25. The summed E-state index contributed by atoms with van der Waals surface area (Å²) in [7, 11) is -4.28. The number of rotatable bonds is 4. The zero-order valence-corrected chi connectivity index (χ0v) is 19.4. The van der Waals surface area contributed by atoms with E-state index >= 15 is 0 Å². The number of aryl methyl sites for hydroxylation is 1. The Morgan fingerprint density at radius 1 is 1.24 bits per heavy atom. The number of hydrogen-bond donors (Lipinski definition) is 1. The van der Waals surface area contributed by atoms with Crippen molar-refractivity contribution < 1.29 is 26.3 Å². The summed E-state index contributed by atoms with van der Waals surface area (Å²) in [6, 6.07) is 5.35. The van der Waals surface area contributed by atoms with Crippen LogP contribution < -0.4 is 0 Å². The van der Waals surface area contributed by atoms with Crippen molar-refractivity contribution in [3.05, 3.63) is 30.0 Å². The van der Waals surface area contributed by atoms with Crippen LogP contribution in [-0.4, -0.2) is 58.6 Å². The summed E-state index contributed by atoms with van der Waals surface area (Å²) >= 11 is 0. The lowest BCUT2D eigenvalue weighted by Gasteiger charge is -2.17. The topological polar surface area (TPSA) is 123 Å². The molecule has 4 rings (SSSR count). The van der Waals surface area contributed by atoms with Crippen molar-refractivity contribution in [1.82, 2.24) is 19.7 Å². The molecule has 1 fully saturated rings. The van der Waals surface area contributed by atoms with Gasteiger partial charge in [0.1, 0.15) is 11.3 Å². The average Bonchev–Trinajstić information content (AvgIpc) is 3.09. The van der Waals surface area contributed by atoms with E-state index in [0.717, 1.165) is 6.07 Å². The van der Waals surface area contributed by atoms with E-state index in [1.807, 2.05) is 0 Å². The smallest absolute Gasteiger partial charge is 0.379 e. The predicted octanol–water partition coefficient (Wildman–Crippen LogP) is 3.60. The Hall–Kier alpha value is -2.58. The number of nitrogens with zero attached hydrogens (tertiary/aromatic N) is 5. The number of aromatic nitrogens is 4. The number of hydrogen-bond acceptors (Lipinski definition) is 8. The highest BCUT2D eigenvalue weighted by atomic mass is 32.2. The standard InChI is InChI=1S/C19H21F3N6O3S2/c1-3-33(23,30)15-10-12(27-32(29)8-6-31-7-9-32)4-5-13(15)17-24-14-11-16(19(20,21)22)25-26-18(14)28(17)2/h4-5,10-11,23H,3,6-9H2,1-2H3. The molecule has 0 amide bonds. The molecule has 14 heteroatoms. The van der Waals surface area contributed by atoms with Crippen LogP contribution in [0.5, 0.6) is 0 Å². The SMILES string of the molecule is CCS(=N)(=O)c1cc(N=S2(=O)CCOCC2)ccc1-c1nc2cc(C(F)(F)F)nnc2n1C. The van der Waals surface area contributed by atoms with Crippen LogP contribution in [0.1, 0.15) is 12.6 Å². The van der Waals surface area contributed by atoms with Crippen molar-refractivity contribution in [2.45, 2.75) is 18.0 Å². The minimum Gasteiger partial charge on any atom is -0.379 e. The molecule has 1 aliphatic heterocycles. The van der Waals surface area contributed by atoms with Gasteiger partial charge in [-0.05, 0) is 18.2 Å². The molecule has 0 aliphatic carbocycles. The van der Waals surface area contributed by atoms with E-state index in [1.54, 1.807) is 26.1 Å². The molecular weight excluding hydrogens is 481 g/mol. The molecule has 178 valence electrons.